The van der Waals surface area contributed by atoms with E-state index >= 15 is 0 Å². The average Bonchev–Trinajstić information content (AvgIpc) is 2.60. The van der Waals surface area contributed by atoms with Crippen LogP contribution in [0.3, 0.4) is 0 Å². The zero-order valence-electron chi connectivity index (χ0n) is 9.82. The van der Waals surface area contributed by atoms with E-state index in [1.165, 1.54) is 6.07 Å². The summed E-state index contributed by atoms with van der Waals surface area (Å²) in [6.45, 7) is 3.26. The summed E-state index contributed by atoms with van der Waals surface area (Å²) in [7, 11) is 0. The lowest BCUT2D eigenvalue weighted by Gasteiger charge is -2.24. The number of nitrogens with zero attached hydrogens (tertiary/aromatic N) is 1. The van der Waals surface area contributed by atoms with Crippen molar-refractivity contribution in [2.24, 2.45) is 5.41 Å². The van der Waals surface area contributed by atoms with Crippen molar-refractivity contribution < 1.29 is 14.3 Å². The van der Waals surface area contributed by atoms with Gasteiger partial charge in [0.15, 0.2) is 0 Å². The molecule has 92 valence electrons. The molecule has 4 heteroatoms. The minimum Gasteiger partial charge on any atom is -0.481 e. The van der Waals surface area contributed by atoms with E-state index in [-0.39, 0.29) is 17.7 Å². The van der Waals surface area contributed by atoms with E-state index in [4.69, 9.17) is 5.11 Å². The smallest absolute Gasteiger partial charge is 0.303 e. The maximum atomic E-state index is 13.6. The number of carbonyl (C=O) groups is 1. The van der Waals surface area contributed by atoms with Gasteiger partial charge in [0.2, 0.25) is 0 Å². The minimum atomic E-state index is -0.789. The van der Waals surface area contributed by atoms with Crippen molar-refractivity contribution in [2.75, 3.05) is 18.0 Å². The number of halogens is 1. The lowest BCUT2D eigenvalue weighted by atomic mass is 9.86. The third-order valence-corrected chi connectivity index (χ3v) is 3.33. The van der Waals surface area contributed by atoms with Crippen molar-refractivity contribution in [2.45, 2.75) is 19.8 Å². The lowest BCUT2D eigenvalue weighted by molar-refractivity contribution is -0.139. The number of carboxylic acids is 1. The summed E-state index contributed by atoms with van der Waals surface area (Å²) >= 11 is 0. The fourth-order valence-electron chi connectivity index (χ4n) is 2.45. The molecule has 1 aliphatic heterocycles. The summed E-state index contributed by atoms with van der Waals surface area (Å²) in [4.78, 5) is 12.7. The van der Waals surface area contributed by atoms with Crippen LogP contribution in [0, 0.1) is 11.2 Å². The van der Waals surface area contributed by atoms with Gasteiger partial charge in [-0.3, -0.25) is 4.79 Å². The van der Waals surface area contributed by atoms with Crippen LogP contribution in [-0.2, 0) is 4.79 Å². The van der Waals surface area contributed by atoms with Crippen molar-refractivity contribution in [1.29, 1.82) is 0 Å². The SMILES string of the molecule is CC1(CC(=O)O)CCN(c2ccccc2F)C1. The number of hydrogen-bond acceptors (Lipinski definition) is 2. The fraction of sp³-hybridized carbons (Fsp3) is 0.462. The lowest BCUT2D eigenvalue weighted by Crippen LogP contribution is -2.27. The molecule has 3 nitrogen and oxygen atoms in total. The third-order valence-electron chi connectivity index (χ3n) is 3.33. The topological polar surface area (TPSA) is 40.5 Å². The maximum Gasteiger partial charge on any atom is 0.303 e. The molecular formula is C13H16FNO2. The van der Waals surface area contributed by atoms with Gasteiger partial charge >= 0.3 is 5.97 Å². The van der Waals surface area contributed by atoms with Crippen LogP contribution in [-0.4, -0.2) is 24.2 Å². The Balaban J connectivity index is 2.13. The normalized spacial score (nSPS) is 24.0. The molecule has 1 saturated heterocycles. The molecule has 1 heterocycles. The van der Waals surface area contributed by atoms with Gasteiger partial charge in [-0.25, -0.2) is 4.39 Å². The predicted octanol–water partition coefficient (Wildman–Crippen LogP) is 2.52. The van der Waals surface area contributed by atoms with Gasteiger partial charge in [-0.15, -0.1) is 0 Å². The second-order valence-corrected chi connectivity index (χ2v) is 5.00. The molecule has 0 bridgehead atoms. The summed E-state index contributed by atoms with van der Waals surface area (Å²) in [6, 6.07) is 6.63. The summed E-state index contributed by atoms with van der Waals surface area (Å²) in [5, 5.41) is 8.86. The number of para-hydroxylation sites is 1. The van der Waals surface area contributed by atoms with E-state index in [2.05, 4.69) is 0 Å². The quantitative estimate of drug-likeness (QED) is 0.878. The third kappa shape index (κ3) is 2.57. The molecule has 0 aliphatic carbocycles. The van der Waals surface area contributed by atoms with Crippen molar-refractivity contribution in [3.8, 4) is 0 Å². The Morgan fingerprint density at radius 3 is 2.88 bits per heavy atom. The highest BCUT2D eigenvalue weighted by molar-refractivity contribution is 5.68. The van der Waals surface area contributed by atoms with Gasteiger partial charge < -0.3 is 10.0 Å². The van der Waals surface area contributed by atoms with Crippen molar-refractivity contribution in [3.05, 3.63) is 30.1 Å². The van der Waals surface area contributed by atoms with Crippen LogP contribution < -0.4 is 4.90 Å². The molecule has 17 heavy (non-hydrogen) atoms. The van der Waals surface area contributed by atoms with Gasteiger partial charge in [0.05, 0.1) is 12.1 Å². The molecule has 0 amide bonds. The summed E-state index contributed by atoms with van der Waals surface area (Å²) in [5.41, 5.74) is 0.315. The van der Waals surface area contributed by atoms with Gasteiger partial charge in [-0.05, 0) is 24.0 Å². The molecule has 0 saturated carbocycles. The molecule has 1 aromatic rings. The Labute approximate surface area is 99.9 Å². The minimum absolute atomic E-state index is 0.137. The van der Waals surface area contributed by atoms with Crippen LogP contribution in [0.5, 0.6) is 0 Å². The first-order valence-corrected chi connectivity index (χ1v) is 5.71. The van der Waals surface area contributed by atoms with Crippen LogP contribution in [0.4, 0.5) is 10.1 Å². The second kappa shape index (κ2) is 4.35. The summed E-state index contributed by atoms with van der Waals surface area (Å²) < 4.78 is 13.6. The van der Waals surface area contributed by atoms with Crippen molar-refractivity contribution >= 4 is 11.7 Å². The largest absolute Gasteiger partial charge is 0.481 e. The van der Waals surface area contributed by atoms with E-state index in [0.29, 0.717) is 18.8 Å². The molecule has 1 fully saturated rings. The van der Waals surface area contributed by atoms with Gasteiger partial charge in [-0.1, -0.05) is 19.1 Å². The van der Waals surface area contributed by atoms with Gasteiger partial charge in [0.25, 0.3) is 0 Å². The Morgan fingerprint density at radius 2 is 2.24 bits per heavy atom. The number of rotatable bonds is 3. The molecule has 0 radical (unpaired) electrons. The monoisotopic (exact) mass is 237 g/mol. The van der Waals surface area contributed by atoms with Crippen LogP contribution >= 0.6 is 0 Å². The number of aliphatic carboxylic acids is 1. The highest BCUT2D eigenvalue weighted by atomic mass is 19.1. The standard InChI is InChI=1S/C13H16FNO2/c1-13(8-12(16)17)6-7-15(9-13)11-5-3-2-4-10(11)14/h2-5H,6-9H2,1H3,(H,16,17). The zero-order chi connectivity index (χ0) is 12.5. The number of hydrogen-bond donors (Lipinski definition) is 1. The van der Waals surface area contributed by atoms with E-state index < -0.39 is 5.97 Å². The van der Waals surface area contributed by atoms with Gasteiger partial charge in [0, 0.05) is 13.1 Å². The predicted molar refractivity (Wildman–Crippen MR) is 63.6 cm³/mol. The Hall–Kier alpha value is -1.58. The molecule has 1 unspecified atom stereocenters. The molecule has 1 aliphatic rings. The second-order valence-electron chi connectivity index (χ2n) is 5.00. The molecule has 1 N–H and O–H groups in total. The summed E-state index contributed by atoms with van der Waals surface area (Å²) in [5.74, 6) is -1.03. The molecule has 2 rings (SSSR count). The van der Waals surface area contributed by atoms with E-state index in [9.17, 15) is 9.18 Å². The first-order chi connectivity index (χ1) is 8.00. The van der Waals surface area contributed by atoms with E-state index in [0.717, 1.165) is 6.42 Å². The highest BCUT2D eigenvalue weighted by Crippen LogP contribution is 2.36. The maximum absolute atomic E-state index is 13.6. The highest BCUT2D eigenvalue weighted by Gasteiger charge is 2.36. The average molecular weight is 237 g/mol. The van der Waals surface area contributed by atoms with Gasteiger partial charge in [-0.2, -0.15) is 0 Å². The molecule has 1 atom stereocenters. The first kappa shape index (κ1) is 11.9. The number of anilines is 1. The molecule has 0 spiro atoms. The molecule has 1 aromatic carbocycles. The van der Waals surface area contributed by atoms with Crippen LogP contribution in [0.1, 0.15) is 19.8 Å². The van der Waals surface area contributed by atoms with E-state index in [1.54, 1.807) is 18.2 Å². The number of benzene rings is 1. The zero-order valence-corrected chi connectivity index (χ0v) is 9.82. The summed E-state index contributed by atoms with van der Waals surface area (Å²) in [6.07, 6.45) is 0.922. The Kier molecular flexibility index (Phi) is 3.05. The molecular weight excluding hydrogens is 221 g/mol. The van der Waals surface area contributed by atoms with Crippen molar-refractivity contribution in [3.63, 3.8) is 0 Å². The van der Waals surface area contributed by atoms with Crippen LogP contribution in [0.25, 0.3) is 0 Å². The Morgan fingerprint density at radius 1 is 1.53 bits per heavy atom. The van der Waals surface area contributed by atoms with E-state index in [1.807, 2.05) is 11.8 Å². The molecule has 0 aromatic heterocycles. The Bertz CT molecular complexity index is 435. The fourth-order valence-corrected chi connectivity index (χ4v) is 2.45. The van der Waals surface area contributed by atoms with Gasteiger partial charge in [0.1, 0.15) is 5.82 Å². The van der Waals surface area contributed by atoms with Crippen LogP contribution in [0.2, 0.25) is 0 Å². The number of carboxylic acid groups (broad SMARTS) is 1. The first-order valence-electron chi connectivity index (χ1n) is 5.71. The van der Waals surface area contributed by atoms with Crippen molar-refractivity contribution in [1.82, 2.24) is 0 Å². The van der Waals surface area contributed by atoms with Crippen LogP contribution in [0.15, 0.2) is 24.3 Å².